The van der Waals surface area contributed by atoms with Crippen molar-refractivity contribution in [1.82, 2.24) is 10.3 Å². The lowest BCUT2D eigenvalue weighted by molar-refractivity contribution is -0.146. The SMILES string of the molecule is COc1cc(C2OC(CCc3ccc(O)c(OCO)c3)CC(O)C2CCO)cc(OCC2NC(C)CCC23C(C(=O)O)C=CC3c2ccnc(N)c2)c1O. The molecule has 2 saturated heterocycles. The van der Waals surface area contributed by atoms with E-state index in [0.717, 1.165) is 17.5 Å². The van der Waals surface area contributed by atoms with Gasteiger partial charge >= 0.3 is 5.97 Å². The van der Waals surface area contributed by atoms with Gasteiger partial charge in [0.2, 0.25) is 5.75 Å². The molecule has 9 N–H and O–H groups in total. The standard InChI is InChI=1S/C40H51N3O11/c1-22-9-12-40(28(6-7-29(40)39(49)50)24-10-13-42-36(41)18-24)35(43-22)20-52-34-17-25(16-33(51-2)37(34)48)38-27(11-14-44)31(47)19-26(54-38)5-3-23-4-8-30(46)32(15-23)53-21-45/h4,6-8,10,13,15-18,22,26-29,31,35,38,43-48H,3,5,9,11-12,14,19-21H2,1-2H3,(H2,41,42)(H,49,50). The molecule has 9 atom stereocenters. The molecule has 0 radical (unpaired) electrons. The van der Waals surface area contributed by atoms with Crippen LogP contribution in [0.2, 0.25) is 0 Å². The summed E-state index contributed by atoms with van der Waals surface area (Å²) in [5.41, 5.74) is 7.52. The van der Waals surface area contributed by atoms with Crippen LogP contribution in [0.3, 0.4) is 0 Å². The number of aromatic nitrogens is 1. The highest BCUT2D eigenvalue weighted by Crippen LogP contribution is 2.56. The van der Waals surface area contributed by atoms with Crippen LogP contribution in [0, 0.1) is 17.3 Å². The number of nitrogen functional groups attached to an aromatic ring is 1. The number of benzene rings is 2. The Bertz CT molecular complexity index is 1810. The van der Waals surface area contributed by atoms with Crippen molar-refractivity contribution >= 4 is 11.8 Å². The number of hydrogen-bond donors (Lipinski definition) is 8. The first-order valence-electron chi connectivity index (χ1n) is 18.4. The molecule has 3 heterocycles. The number of phenols is 2. The molecule has 2 fully saturated rings. The average molecular weight is 750 g/mol. The molecular formula is C40H51N3O11. The second kappa shape index (κ2) is 16.8. The number of carbonyl (C=O) groups is 1. The molecule has 1 aromatic heterocycles. The normalized spacial score (nSPS) is 29.3. The summed E-state index contributed by atoms with van der Waals surface area (Å²) in [7, 11) is 1.42. The molecule has 3 aliphatic rings. The number of allylic oxidation sites excluding steroid dienone is 1. The lowest BCUT2D eigenvalue weighted by atomic mass is 9.59. The second-order valence-electron chi connectivity index (χ2n) is 14.6. The number of hydrogen-bond acceptors (Lipinski definition) is 13. The molecule has 0 saturated carbocycles. The van der Waals surface area contributed by atoms with Crippen LogP contribution < -0.4 is 25.3 Å². The van der Waals surface area contributed by atoms with Crippen LogP contribution >= 0.6 is 0 Å². The molecule has 0 bridgehead atoms. The summed E-state index contributed by atoms with van der Waals surface area (Å²) >= 11 is 0. The monoisotopic (exact) mass is 749 g/mol. The summed E-state index contributed by atoms with van der Waals surface area (Å²) in [4.78, 5) is 16.9. The number of anilines is 1. The van der Waals surface area contributed by atoms with Gasteiger partial charge in [0.25, 0.3) is 0 Å². The molecular weight excluding hydrogens is 698 g/mol. The topological polar surface area (TPSA) is 226 Å². The fraction of sp³-hybridized carbons (Fsp3) is 0.500. The molecule has 14 nitrogen and oxygen atoms in total. The van der Waals surface area contributed by atoms with Crippen LogP contribution in [-0.4, -0.2) is 93.0 Å². The Balaban J connectivity index is 1.28. The Morgan fingerprint density at radius 2 is 1.83 bits per heavy atom. The molecule has 9 unspecified atom stereocenters. The first-order valence-corrected chi connectivity index (χ1v) is 18.4. The minimum absolute atomic E-state index is 0.0124. The van der Waals surface area contributed by atoms with Gasteiger partial charge in [-0.25, -0.2) is 4.98 Å². The lowest BCUT2D eigenvalue weighted by Crippen LogP contribution is -2.60. The third kappa shape index (κ3) is 7.94. The van der Waals surface area contributed by atoms with E-state index in [9.17, 15) is 30.3 Å². The van der Waals surface area contributed by atoms with E-state index in [1.54, 1.807) is 42.6 Å². The van der Waals surface area contributed by atoms with Gasteiger partial charge in [-0.2, -0.15) is 0 Å². The summed E-state index contributed by atoms with van der Waals surface area (Å²) in [5, 5.41) is 66.0. The Morgan fingerprint density at radius 1 is 1.04 bits per heavy atom. The van der Waals surface area contributed by atoms with E-state index in [1.807, 2.05) is 19.1 Å². The molecule has 54 heavy (non-hydrogen) atoms. The fourth-order valence-corrected chi connectivity index (χ4v) is 8.78. The van der Waals surface area contributed by atoms with Gasteiger partial charge in [0.15, 0.2) is 29.8 Å². The van der Waals surface area contributed by atoms with E-state index >= 15 is 0 Å². The third-order valence-electron chi connectivity index (χ3n) is 11.4. The molecule has 1 aliphatic carbocycles. The number of rotatable bonds is 14. The van der Waals surface area contributed by atoms with Crippen LogP contribution in [0.1, 0.15) is 67.7 Å². The van der Waals surface area contributed by atoms with E-state index in [1.165, 1.54) is 13.2 Å². The number of aryl methyl sites for hydroxylation is 1. The van der Waals surface area contributed by atoms with Crippen molar-refractivity contribution in [1.29, 1.82) is 0 Å². The number of aliphatic hydroxyl groups is 3. The first-order chi connectivity index (χ1) is 26.0. The van der Waals surface area contributed by atoms with Crippen molar-refractivity contribution in [3.8, 4) is 28.7 Å². The zero-order valence-corrected chi connectivity index (χ0v) is 30.5. The van der Waals surface area contributed by atoms with Gasteiger partial charge in [0, 0.05) is 42.1 Å². The molecule has 2 aliphatic heterocycles. The number of pyridine rings is 1. The first kappa shape index (κ1) is 39.1. The number of carboxylic acids is 1. The Hall–Kier alpha value is -4.60. The van der Waals surface area contributed by atoms with Gasteiger partial charge in [-0.3, -0.25) is 4.79 Å². The predicted octanol–water partition coefficient (Wildman–Crippen LogP) is 3.79. The molecule has 2 aromatic carbocycles. The number of phenolic OH excluding ortho intramolecular Hbond substituents is 2. The summed E-state index contributed by atoms with van der Waals surface area (Å²) in [6.07, 6.45) is 6.37. The van der Waals surface area contributed by atoms with Gasteiger partial charge in [-0.1, -0.05) is 18.2 Å². The molecule has 14 heteroatoms. The van der Waals surface area contributed by atoms with Crippen molar-refractivity contribution in [2.24, 2.45) is 17.3 Å². The van der Waals surface area contributed by atoms with Gasteiger partial charge in [-0.05, 0) is 98.5 Å². The van der Waals surface area contributed by atoms with Gasteiger partial charge in [0.1, 0.15) is 12.4 Å². The van der Waals surface area contributed by atoms with Crippen LogP contribution in [0.5, 0.6) is 28.7 Å². The van der Waals surface area contributed by atoms with Crippen LogP contribution in [0.15, 0.2) is 60.8 Å². The number of nitrogens with zero attached hydrogens (tertiary/aromatic N) is 1. The zero-order valence-electron chi connectivity index (χ0n) is 30.5. The van der Waals surface area contributed by atoms with Gasteiger partial charge in [0.05, 0.1) is 31.3 Å². The smallest absolute Gasteiger partial charge is 0.311 e. The van der Waals surface area contributed by atoms with E-state index < -0.39 is 54.4 Å². The number of piperidine rings is 1. The third-order valence-corrected chi connectivity index (χ3v) is 11.4. The average Bonchev–Trinajstić information content (AvgIpc) is 3.54. The number of aliphatic carboxylic acids is 1. The van der Waals surface area contributed by atoms with E-state index in [0.29, 0.717) is 37.1 Å². The molecule has 6 rings (SSSR count). The zero-order chi connectivity index (χ0) is 38.6. The number of aliphatic hydroxyl groups excluding tert-OH is 3. The number of nitrogens with one attached hydrogen (secondary N) is 1. The Kier molecular flexibility index (Phi) is 12.2. The molecule has 0 amide bonds. The Labute approximate surface area is 314 Å². The Morgan fingerprint density at radius 3 is 2.56 bits per heavy atom. The second-order valence-corrected chi connectivity index (χ2v) is 14.6. The maximum absolute atomic E-state index is 12.8. The highest BCUT2D eigenvalue weighted by molar-refractivity contribution is 5.75. The molecule has 3 aromatic rings. The number of nitrogens with two attached hydrogens (primary N) is 1. The summed E-state index contributed by atoms with van der Waals surface area (Å²) in [6, 6.07) is 11.4. The number of aromatic hydroxyl groups is 2. The number of ether oxygens (including phenoxy) is 4. The minimum Gasteiger partial charge on any atom is -0.504 e. The summed E-state index contributed by atoms with van der Waals surface area (Å²) in [6.45, 7) is 1.30. The van der Waals surface area contributed by atoms with Crippen molar-refractivity contribution < 1.29 is 54.4 Å². The highest BCUT2D eigenvalue weighted by Gasteiger charge is 2.57. The van der Waals surface area contributed by atoms with Gasteiger partial charge in [-0.15, -0.1) is 0 Å². The predicted molar refractivity (Wildman–Crippen MR) is 197 cm³/mol. The molecule has 292 valence electrons. The minimum atomic E-state index is -0.939. The highest BCUT2D eigenvalue weighted by atomic mass is 16.6. The molecule has 1 spiro atoms. The van der Waals surface area contributed by atoms with Crippen LogP contribution in [-0.2, 0) is 16.0 Å². The van der Waals surface area contributed by atoms with E-state index in [4.69, 9.17) is 29.8 Å². The fourth-order valence-electron chi connectivity index (χ4n) is 8.78. The lowest BCUT2D eigenvalue weighted by Gasteiger charge is -2.50. The van der Waals surface area contributed by atoms with Crippen molar-refractivity contribution in [3.05, 3.63) is 77.5 Å². The van der Waals surface area contributed by atoms with Crippen molar-refractivity contribution in [2.45, 2.75) is 81.8 Å². The maximum Gasteiger partial charge on any atom is 0.311 e. The van der Waals surface area contributed by atoms with Gasteiger partial charge < -0.3 is 60.6 Å². The largest absolute Gasteiger partial charge is 0.504 e. The number of carboxylic acid groups (broad SMARTS) is 1. The quantitative estimate of drug-likeness (QED) is 0.0867. The summed E-state index contributed by atoms with van der Waals surface area (Å²) < 4.78 is 23.8. The van der Waals surface area contributed by atoms with E-state index in [-0.39, 0.29) is 60.3 Å². The summed E-state index contributed by atoms with van der Waals surface area (Å²) in [5.74, 6) is -2.13. The van der Waals surface area contributed by atoms with Crippen LogP contribution in [0.4, 0.5) is 5.82 Å². The van der Waals surface area contributed by atoms with Crippen molar-refractivity contribution in [3.63, 3.8) is 0 Å². The van der Waals surface area contributed by atoms with Crippen LogP contribution in [0.25, 0.3) is 0 Å². The van der Waals surface area contributed by atoms with E-state index in [2.05, 4.69) is 10.3 Å². The maximum atomic E-state index is 12.8. The van der Waals surface area contributed by atoms with Crippen molar-refractivity contribution in [2.75, 3.05) is 32.9 Å². The number of methoxy groups -OCH3 is 1.